The van der Waals surface area contributed by atoms with Crippen molar-refractivity contribution in [2.24, 2.45) is 0 Å². The minimum absolute atomic E-state index is 0.581. The molecular formula is C12H12N2O2. The van der Waals surface area contributed by atoms with Gasteiger partial charge in [0.2, 0.25) is 5.88 Å². The van der Waals surface area contributed by atoms with Crippen molar-refractivity contribution in [2.45, 2.75) is 6.54 Å². The Kier molecular flexibility index (Phi) is 3.00. The molecule has 0 bridgehead atoms. The molecule has 4 heteroatoms. The van der Waals surface area contributed by atoms with E-state index in [2.05, 4.69) is 4.98 Å². The highest BCUT2D eigenvalue weighted by Crippen LogP contribution is 2.11. The van der Waals surface area contributed by atoms with Gasteiger partial charge in [-0.1, -0.05) is 0 Å². The van der Waals surface area contributed by atoms with Crippen molar-refractivity contribution in [1.82, 2.24) is 9.55 Å². The van der Waals surface area contributed by atoms with Gasteiger partial charge in [0.05, 0.1) is 12.8 Å². The van der Waals surface area contributed by atoms with Crippen LogP contribution >= 0.6 is 0 Å². The van der Waals surface area contributed by atoms with Gasteiger partial charge < -0.3 is 9.30 Å². The average molecular weight is 216 g/mol. The third kappa shape index (κ3) is 2.11. The Morgan fingerprint density at radius 1 is 1.50 bits per heavy atom. The monoisotopic (exact) mass is 216 g/mol. The molecule has 0 aromatic carbocycles. The van der Waals surface area contributed by atoms with Gasteiger partial charge in [-0.3, -0.25) is 4.79 Å². The molecule has 0 amide bonds. The smallest absolute Gasteiger partial charge is 0.213 e. The molecule has 2 aromatic rings. The summed E-state index contributed by atoms with van der Waals surface area (Å²) in [6.07, 6.45) is 4.41. The Labute approximate surface area is 93.5 Å². The summed E-state index contributed by atoms with van der Waals surface area (Å²) in [5, 5.41) is 0. The number of carbonyl (C=O) groups excluding carboxylic acids is 1. The summed E-state index contributed by atoms with van der Waals surface area (Å²) >= 11 is 0. The van der Waals surface area contributed by atoms with Crippen molar-refractivity contribution < 1.29 is 9.53 Å². The minimum atomic E-state index is 0.581. The number of aromatic nitrogens is 2. The van der Waals surface area contributed by atoms with E-state index >= 15 is 0 Å². The second-order valence-corrected chi connectivity index (χ2v) is 3.39. The Morgan fingerprint density at radius 3 is 3.12 bits per heavy atom. The lowest BCUT2D eigenvalue weighted by Crippen LogP contribution is -2.02. The molecule has 2 heterocycles. The molecule has 2 aromatic heterocycles. The second kappa shape index (κ2) is 4.61. The van der Waals surface area contributed by atoms with Gasteiger partial charge in [-0.2, -0.15) is 0 Å². The zero-order chi connectivity index (χ0) is 11.4. The Balaban J connectivity index is 2.23. The van der Waals surface area contributed by atoms with E-state index in [9.17, 15) is 4.79 Å². The van der Waals surface area contributed by atoms with Crippen LogP contribution in [-0.4, -0.2) is 22.9 Å². The molecule has 0 aliphatic rings. The molecule has 2 rings (SSSR count). The van der Waals surface area contributed by atoms with E-state index in [1.165, 1.54) is 0 Å². The number of carbonyl (C=O) groups is 1. The minimum Gasteiger partial charge on any atom is -0.481 e. The van der Waals surface area contributed by atoms with Crippen molar-refractivity contribution in [3.8, 4) is 5.88 Å². The van der Waals surface area contributed by atoms with Crippen LogP contribution in [0.15, 0.2) is 36.7 Å². The van der Waals surface area contributed by atoms with Gasteiger partial charge in [-0.05, 0) is 23.8 Å². The molecule has 0 N–H and O–H groups in total. The maximum absolute atomic E-state index is 10.7. The van der Waals surface area contributed by atoms with Crippen LogP contribution in [-0.2, 0) is 6.54 Å². The molecule has 0 aliphatic heterocycles. The van der Waals surface area contributed by atoms with Crippen molar-refractivity contribution in [2.75, 3.05) is 7.11 Å². The zero-order valence-electron chi connectivity index (χ0n) is 8.96. The van der Waals surface area contributed by atoms with Crippen LogP contribution in [0, 0.1) is 0 Å². The first kappa shape index (κ1) is 10.4. The van der Waals surface area contributed by atoms with Crippen LogP contribution in [0.25, 0.3) is 0 Å². The van der Waals surface area contributed by atoms with E-state index in [0.29, 0.717) is 18.1 Å². The molecule has 0 unspecified atom stereocenters. The predicted octanol–water partition coefficient (Wildman–Crippen LogP) is 1.75. The number of methoxy groups -OCH3 is 1. The zero-order valence-corrected chi connectivity index (χ0v) is 8.96. The molecule has 0 aliphatic carbocycles. The number of rotatable bonds is 4. The van der Waals surface area contributed by atoms with E-state index in [1.807, 2.05) is 29.0 Å². The summed E-state index contributed by atoms with van der Waals surface area (Å²) in [5.74, 6) is 0.581. The third-order valence-electron chi connectivity index (χ3n) is 2.35. The molecule has 0 radical (unpaired) electrons. The van der Waals surface area contributed by atoms with Crippen LogP contribution in [0.2, 0.25) is 0 Å². The second-order valence-electron chi connectivity index (χ2n) is 3.39. The Hall–Kier alpha value is -2.10. The van der Waals surface area contributed by atoms with Crippen LogP contribution in [0.4, 0.5) is 0 Å². The van der Waals surface area contributed by atoms with Gasteiger partial charge in [0.1, 0.15) is 0 Å². The summed E-state index contributed by atoms with van der Waals surface area (Å²) in [4.78, 5) is 14.8. The van der Waals surface area contributed by atoms with Gasteiger partial charge in [-0.15, -0.1) is 0 Å². The standard InChI is InChI=1S/C12H12N2O2/c1-16-12-7-10(4-5-13-12)8-14-6-2-3-11(14)9-15/h2-7,9H,8H2,1H3. The highest BCUT2D eigenvalue weighted by atomic mass is 16.5. The van der Waals surface area contributed by atoms with Crippen LogP contribution < -0.4 is 4.74 Å². The van der Waals surface area contributed by atoms with Gasteiger partial charge in [-0.25, -0.2) is 4.98 Å². The van der Waals surface area contributed by atoms with Crippen molar-refractivity contribution in [1.29, 1.82) is 0 Å². The quantitative estimate of drug-likeness (QED) is 0.731. The number of pyridine rings is 1. The molecule has 16 heavy (non-hydrogen) atoms. The number of hydrogen-bond donors (Lipinski definition) is 0. The van der Waals surface area contributed by atoms with E-state index < -0.39 is 0 Å². The molecule has 0 fully saturated rings. The van der Waals surface area contributed by atoms with Gasteiger partial charge in [0.15, 0.2) is 6.29 Å². The Morgan fingerprint density at radius 2 is 2.38 bits per heavy atom. The fraction of sp³-hybridized carbons (Fsp3) is 0.167. The first-order chi connectivity index (χ1) is 7.83. The molecular weight excluding hydrogens is 204 g/mol. The summed E-state index contributed by atoms with van der Waals surface area (Å²) in [6.45, 7) is 0.639. The lowest BCUT2D eigenvalue weighted by molar-refractivity contribution is 0.111. The van der Waals surface area contributed by atoms with Gasteiger partial charge >= 0.3 is 0 Å². The fourth-order valence-electron chi connectivity index (χ4n) is 1.54. The number of nitrogens with zero attached hydrogens (tertiary/aromatic N) is 2. The maximum atomic E-state index is 10.7. The fourth-order valence-corrected chi connectivity index (χ4v) is 1.54. The summed E-state index contributed by atoms with van der Waals surface area (Å²) in [7, 11) is 1.58. The molecule has 0 saturated heterocycles. The number of hydrogen-bond acceptors (Lipinski definition) is 3. The Bertz CT molecular complexity index is 491. The van der Waals surface area contributed by atoms with Crippen molar-refractivity contribution in [3.63, 3.8) is 0 Å². The van der Waals surface area contributed by atoms with E-state index in [4.69, 9.17) is 4.74 Å². The first-order valence-electron chi connectivity index (χ1n) is 4.92. The molecule has 82 valence electrons. The highest BCUT2D eigenvalue weighted by Gasteiger charge is 2.01. The summed E-state index contributed by atoms with van der Waals surface area (Å²) in [6, 6.07) is 7.39. The van der Waals surface area contributed by atoms with E-state index in [1.54, 1.807) is 19.4 Å². The van der Waals surface area contributed by atoms with Gasteiger partial charge in [0.25, 0.3) is 0 Å². The number of aldehydes is 1. The molecule has 0 atom stereocenters. The lowest BCUT2D eigenvalue weighted by atomic mass is 10.2. The molecule has 4 nitrogen and oxygen atoms in total. The van der Waals surface area contributed by atoms with E-state index in [-0.39, 0.29) is 0 Å². The van der Waals surface area contributed by atoms with Crippen LogP contribution in [0.5, 0.6) is 5.88 Å². The lowest BCUT2D eigenvalue weighted by Gasteiger charge is -2.06. The average Bonchev–Trinajstić information content (AvgIpc) is 2.76. The normalized spacial score (nSPS) is 10.1. The van der Waals surface area contributed by atoms with Crippen molar-refractivity contribution in [3.05, 3.63) is 47.9 Å². The first-order valence-corrected chi connectivity index (χ1v) is 4.92. The van der Waals surface area contributed by atoms with Crippen LogP contribution in [0.1, 0.15) is 16.1 Å². The SMILES string of the molecule is COc1cc(Cn2cccc2C=O)ccn1. The number of ether oxygens (including phenoxy) is 1. The third-order valence-corrected chi connectivity index (χ3v) is 2.35. The summed E-state index contributed by atoms with van der Waals surface area (Å²) in [5.41, 5.74) is 1.71. The maximum Gasteiger partial charge on any atom is 0.213 e. The van der Waals surface area contributed by atoms with Crippen LogP contribution in [0.3, 0.4) is 0 Å². The molecule has 0 spiro atoms. The topological polar surface area (TPSA) is 44.1 Å². The van der Waals surface area contributed by atoms with E-state index in [0.717, 1.165) is 11.8 Å². The highest BCUT2D eigenvalue weighted by molar-refractivity contribution is 5.72. The predicted molar refractivity (Wildman–Crippen MR) is 59.7 cm³/mol. The summed E-state index contributed by atoms with van der Waals surface area (Å²) < 4.78 is 6.92. The van der Waals surface area contributed by atoms with Gasteiger partial charge in [0, 0.05) is 25.0 Å². The van der Waals surface area contributed by atoms with Crippen molar-refractivity contribution >= 4 is 6.29 Å². The largest absolute Gasteiger partial charge is 0.481 e. The molecule has 0 saturated carbocycles.